The first-order valence-corrected chi connectivity index (χ1v) is 5.94. The van der Waals surface area contributed by atoms with Crippen LogP contribution < -0.4 is 10.2 Å². The van der Waals surface area contributed by atoms with Crippen molar-refractivity contribution in [1.82, 2.24) is 5.32 Å². The van der Waals surface area contributed by atoms with E-state index in [0.717, 1.165) is 18.5 Å². The number of carbonyl (C=O) groups excluding carboxylic acids is 1. The molecule has 92 valence electrons. The molecule has 0 saturated heterocycles. The van der Waals surface area contributed by atoms with Gasteiger partial charge in [-0.1, -0.05) is 12.1 Å². The lowest BCUT2D eigenvalue weighted by Crippen LogP contribution is -2.23. The van der Waals surface area contributed by atoms with Gasteiger partial charge in [-0.15, -0.1) is 0 Å². The number of ether oxygens (including phenoxy) is 1. The molecule has 2 rings (SSSR count). The number of fused-ring (bicyclic) bond motifs is 1. The van der Waals surface area contributed by atoms with Gasteiger partial charge < -0.3 is 15.0 Å². The number of nitrogens with one attached hydrogen (secondary N) is 1. The summed E-state index contributed by atoms with van der Waals surface area (Å²) in [5.41, 5.74) is 3.77. The van der Waals surface area contributed by atoms with Crippen molar-refractivity contribution in [2.45, 2.75) is 19.9 Å². The van der Waals surface area contributed by atoms with Crippen molar-refractivity contribution in [1.29, 1.82) is 0 Å². The molecule has 0 bridgehead atoms. The van der Waals surface area contributed by atoms with E-state index in [2.05, 4.69) is 29.4 Å². The monoisotopic (exact) mass is 234 g/mol. The van der Waals surface area contributed by atoms with Crippen molar-refractivity contribution in [3.05, 3.63) is 29.3 Å². The van der Waals surface area contributed by atoms with E-state index in [9.17, 15) is 4.79 Å². The lowest BCUT2D eigenvalue weighted by Gasteiger charge is -2.12. The molecule has 0 aliphatic carbocycles. The molecule has 1 aromatic rings. The summed E-state index contributed by atoms with van der Waals surface area (Å²) in [7, 11) is 2.10. The minimum Gasteiger partial charge on any atom is -0.450 e. The van der Waals surface area contributed by atoms with E-state index in [-0.39, 0.29) is 6.09 Å². The fraction of sp³-hybridized carbons (Fsp3) is 0.462. The van der Waals surface area contributed by atoms with Crippen LogP contribution in [-0.4, -0.2) is 26.3 Å². The molecule has 4 nitrogen and oxygen atoms in total. The van der Waals surface area contributed by atoms with Crippen LogP contribution in [0.4, 0.5) is 10.5 Å². The third-order valence-corrected chi connectivity index (χ3v) is 2.98. The Hall–Kier alpha value is -1.71. The zero-order chi connectivity index (χ0) is 12.3. The second-order valence-corrected chi connectivity index (χ2v) is 4.21. The maximum atomic E-state index is 11.2. The van der Waals surface area contributed by atoms with Crippen molar-refractivity contribution >= 4 is 11.8 Å². The predicted molar refractivity (Wildman–Crippen MR) is 67.3 cm³/mol. The highest BCUT2D eigenvalue weighted by Gasteiger charge is 2.15. The van der Waals surface area contributed by atoms with Gasteiger partial charge in [0.05, 0.1) is 6.61 Å². The lowest BCUT2D eigenvalue weighted by molar-refractivity contribution is 0.151. The maximum absolute atomic E-state index is 11.2. The van der Waals surface area contributed by atoms with E-state index in [1.807, 2.05) is 6.07 Å². The molecule has 1 aromatic carbocycles. The topological polar surface area (TPSA) is 41.6 Å². The molecule has 1 N–H and O–H groups in total. The molecule has 1 aliphatic rings. The normalized spacial score (nSPS) is 13.4. The van der Waals surface area contributed by atoms with Crippen molar-refractivity contribution in [2.24, 2.45) is 0 Å². The van der Waals surface area contributed by atoms with E-state index in [0.29, 0.717) is 13.2 Å². The second-order valence-electron chi connectivity index (χ2n) is 4.21. The van der Waals surface area contributed by atoms with Crippen LogP contribution in [-0.2, 0) is 17.7 Å². The van der Waals surface area contributed by atoms with Gasteiger partial charge >= 0.3 is 6.09 Å². The third-order valence-electron chi connectivity index (χ3n) is 2.98. The minimum atomic E-state index is -0.356. The Kier molecular flexibility index (Phi) is 3.52. The largest absolute Gasteiger partial charge is 0.450 e. The number of carbonyl (C=O) groups is 1. The molecule has 4 heteroatoms. The fourth-order valence-corrected chi connectivity index (χ4v) is 2.09. The highest BCUT2D eigenvalue weighted by atomic mass is 16.5. The highest BCUT2D eigenvalue weighted by molar-refractivity contribution is 5.67. The SMILES string of the molecule is CCOC(=O)NCc1ccc2c(c1)CCN2C. The van der Waals surface area contributed by atoms with Gasteiger partial charge in [-0.2, -0.15) is 0 Å². The standard InChI is InChI=1S/C13H18N2O2/c1-3-17-13(16)14-9-10-4-5-12-11(8-10)6-7-15(12)2/h4-5,8H,3,6-7,9H2,1-2H3,(H,14,16). The van der Waals surface area contributed by atoms with Gasteiger partial charge in [0.1, 0.15) is 0 Å². The summed E-state index contributed by atoms with van der Waals surface area (Å²) in [4.78, 5) is 13.4. The number of hydrogen-bond donors (Lipinski definition) is 1. The molecule has 17 heavy (non-hydrogen) atoms. The van der Waals surface area contributed by atoms with Crippen molar-refractivity contribution in [3.63, 3.8) is 0 Å². The lowest BCUT2D eigenvalue weighted by atomic mass is 10.1. The number of amides is 1. The first-order valence-electron chi connectivity index (χ1n) is 5.94. The molecule has 0 aromatic heterocycles. The van der Waals surface area contributed by atoms with Gasteiger partial charge in [0.2, 0.25) is 0 Å². The molecule has 0 saturated carbocycles. The number of alkyl carbamates (subject to hydrolysis) is 1. The van der Waals surface area contributed by atoms with Crippen molar-refractivity contribution in [2.75, 3.05) is 25.1 Å². The van der Waals surface area contributed by atoms with Crippen LogP contribution in [0.25, 0.3) is 0 Å². The van der Waals surface area contributed by atoms with Crippen LogP contribution in [0.1, 0.15) is 18.1 Å². The number of hydrogen-bond acceptors (Lipinski definition) is 3. The number of rotatable bonds is 3. The maximum Gasteiger partial charge on any atom is 0.407 e. The van der Waals surface area contributed by atoms with Gasteiger partial charge in [-0.3, -0.25) is 0 Å². The fourth-order valence-electron chi connectivity index (χ4n) is 2.09. The van der Waals surface area contributed by atoms with Crippen LogP contribution in [0, 0.1) is 0 Å². The zero-order valence-corrected chi connectivity index (χ0v) is 10.3. The Bertz CT molecular complexity index is 418. The quantitative estimate of drug-likeness (QED) is 0.868. The van der Waals surface area contributed by atoms with Crippen LogP contribution in [0.2, 0.25) is 0 Å². The molecule has 0 radical (unpaired) electrons. The Balaban J connectivity index is 1.97. The summed E-state index contributed by atoms with van der Waals surface area (Å²) in [6.07, 6.45) is 0.726. The van der Waals surface area contributed by atoms with E-state index in [1.54, 1.807) is 6.92 Å². The van der Waals surface area contributed by atoms with Gasteiger partial charge in [0.15, 0.2) is 0 Å². The predicted octanol–water partition coefficient (Wildman–Crippen LogP) is 1.93. The molecule has 1 heterocycles. The minimum absolute atomic E-state index is 0.356. The number of nitrogens with zero attached hydrogens (tertiary/aromatic N) is 1. The summed E-state index contributed by atoms with van der Waals surface area (Å²) in [6, 6.07) is 6.32. The molecule has 0 atom stereocenters. The summed E-state index contributed by atoms with van der Waals surface area (Å²) in [5.74, 6) is 0. The summed E-state index contributed by atoms with van der Waals surface area (Å²) < 4.78 is 4.82. The Morgan fingerprint density at radius 3 is 3.12 bits per heavy atom. The third kappa shape index (κ3) is 2.70. The summed E-state index contributed by atoms with van der Waals surface area (Å²) in [6.45, 7) is 3.80. The summed E-state index contributed by atoms with van der Waals surface area (Å²) >= 11 is 0. The van der Waals surface area contributed by atoms with Crippen LogP contribution >= 0.6 is 0 Å². The first-order chi connectivity index (χ1) is 8.20. The van der Waals surface area contributed by atoms with E-state index in [4.69, 9.17) is 4.74 Å². The molecule has 0 spiro atoms. The number of likely N-dealkylation sites (N-methyl/N-ethyl adjacent to an activating group) is 1. The highest BCUT2D eigenvalue weighted by Crippen LogP contribution is 2.27. The van der Waals surface area contributed by atoms with Crippen molar-refractivity contribution < 1.29 is 9.53 Å². The van der Waals surface area contributed by atoms with Gasteiger partial charge in [0.25, 0.3) is 0 Å². The molecule has 1 amide bonds. The summed E-state index contributed by atoms with van der Waals surface area (Å²) in [5, 5.41) is 2.73. The van der Waals surface area contributed by atoms with Gasteiger partial charge in [-0.25, -0.2) is 4.79 Å². The molecule has 0 unspecified atom stereocenters. The average molecular weight is 234 g/mol. The Morgan fingerprint density at radius 1 is 1.53 bits per heavy atom. The van der Waals surface area contributed by atoms with E-state index >= 15 is 0 Å². The van der Waals surface area contributed by atoms with Crippen LogP contribution in [0.3, 0.4) is 0 Å². The first kappa shape index (κ1) is 11.8. The molecular weight excluding hydrogens is 216 g/mol. The number of benzene rings is 1. The van der Waals surface area contributed by atoms with E-state index in [1.165, 1.54) is 11.3 Å². The number of anilines is 1. The van der Waals surface area contributed by atoms with Gasteiger partial charge in [0, 0.05) is 25.8 Å². The van der Waals surface area contributed by atoms with Crippen LogP contribution in [0.5, 0.6) is 0 Å². The average Bonchev–Trinajstić information content (AvgIpc) is 2.69. The molecule has 1 aliphatic heterocycles. The van der Waals surface area contributed by atoms with E-state index < -0.39 is 0 Å². The van der Waals surface area contributed by atoms with Crippen molar-refractivity contribution in [3.8, 4) is 0 Å². The molecule has 0 fully saturated rings. The Morgan fingerprint density at radius 2 is 2.35 bits per heavy atom. The smallest absolute Gasteiger partial charge is 0.407 e. The zero-order valence-electron chi connectivity index (χ0n) is 10.3. The molecular formula is C13H18N2O2. The van der Waals surface area contributed by atoms with Crippen LogP contribution in [0.15, 0.2) is 18.2 Å². The van der Waals surface area contributed by atoms with Gasteiger partial charge in [-0.05, 0) is 30.5 Å². The second kappa shape index (κ2) is 5.08. The Labute approximate surface area is 102 Å².